The predicted molar refractivity (Wildman–Crippen MR) is 143 cm³/mol. The summed E-state index contributed by atoms with van der Waals surface area (Å²) in [5, 5.41) is 5.07. The van der Waals surface area contributed by atoms with Crippen molar-refractivity contribution in [2.24, 2.45) is 0 Å². The van der Waals surface area contributed by atoms with Crippen molar-refractivity contribution in [3.63, 3.8) is 0 Å². The van der Waals surface area contributed by atoms with E-state index >= 15 is 0 Å². The van der Waals surface area contributed by atoms with Crippen LogP contribution in [-0.2, 0) is 19.6 Å². The zero-order valence-electron chi connectivity index (χ0n) is 18.6. The van der Waals surface area contributed by atoms with Gasteiger partial charge < -0.3 is 14.8 Å². The van der Waals surface area contributed by atoms with Gasteiger partial charge in [-0.25, -0.2) is 4.39 Å². The fraction of sp³-hybridized carbons (Fsp3) is 0.148. The van der Waals surface area contributed by atoms with Crippen LogP contribution in [0.25, 0.3) is 0 Å². The van der Waals surface area contributed by atoms with Crippen molar-refractivity contribution < 1.29 is 4.39 Å². The van der Waals surface area contributed by atoms with Gasteiger partial charge in [0.1, 0.15) is 5.82 Å². The summed E-state index contributed by atoms with van der Waals surface area (Å²) in [6, 6.07) is 24.5. The summed E-state index contributed by atoms with van der Waals surface area (Å²) in [4.78, 5) is 2.11. The van der Waals surface area contributed by atoms with Crippen LogP contribution in [0.5, 0.6) is 0 Å². The Morgan fingerprint density at radius 1 is 0.941 bits per heavy atom. The second kappa shape index (κ2) is 11.0. The highest BCUT2D eigenvalue weighted by Gasteiger charge is 2.16. The van der Waals surface area contributed by atoms with Crippen molar-refractivity contribution in [3.05, 3.63) is 123 Å². The molecule has 1 heterocycles. The van der Waals surface area contributed by atoms with Gasteiger partial charge in [-0.1, -0.05) is 65.7 Å². The van der Waals surface area contributed by atoms with E-state index < -0.39 is 0 Å². The lowest BCUT2D eigenvalue weighted by atomic mass is 10.2. The van der Waals surface area contributed by atoms with Gasteiger partial charge in [-0.2, -0.15) is 0 Å². The van der Waals surface area contributed by atoms with Gasteiger partial charge in [-0.3, -0.25) is 0 Å². The molecule has 7 heteroatoms. The van der Waals surface area contributed by atoms with Gasteiger partial charge in [0.2, 0.25) is 0 Å². The van der Waals surface area contributed by atoms with Crippen LogP contribution in [0.15, 0.2) is 85.1 Å². The van der Waals surface area contributed by atoms with Crippen LogP contribution in [0.2, 0.25) is 10.0 Å². The minimum absolute atomic E-state index is 0.344. The predicted octanol–water partition coefficient (Wildman–Crippen LogP) is 7.69. The van der Waals surface area contributed by atoms with E-state index in [0.29, 0.717) is 34.8 Å². The Bertz CT molecular complexity index is 1290. The zero-order valence-corrected chi connectivity index (χ0v) is 21.0. The van der Waals surface area contributed by atoms with Crippen LogP contribution >= 0.6 is 35.4 Å². The third-order valence-corrected chi connectivity index (χ3v) is 6.77. The molecule has 174 valence electrons. The molecule has 0 amide bonds. The Morgan fingerprint density at radius 3 is 2.50 bits per heavy atom. The highest BCUT2D eigenvalue weighted by molar-refractivity contribution is 7.80. The fourth-order valence-corrected chi connectivity index (χ4v) is 4.36. The lowest BCUT2D eigenvalue weighted by Gasteiger charge is -2.27. The minimum atomic E-state index is -0.344. The first-order valence-electron chi connectivity index (χ1n) is 10.8. The van der Waals surface area contributed by atoms with E-state index in [0.717, 1.165) is 28.1 Å². The summed E-state index contributed by atoms with van der Waals surface area (Å²) in [5.74, 6) is -0.344. The minimum Gasteiger partial charge on any atom is -0.345 e. The molecule has 0 atom stereocenters. The molecule has 3 nitrogen and oxygen atoms in total. The monoisotopic (exact) mass is 511 g/mol. The first-order chi connectivity index (χ1) is 16.4. The van der Waals surface area contributed by atoms with Crippen molar-refractivity contribution in [1.82, 2.24) is 9.47 Å². The van der Waals surface area contributed by atoms with E-state index in [1.165, 1.54) is 12.1 Å². The number of halogens is 3. The van der Waals surface area contributed by atoms with Crippen LogP contribution in [0.3, 0.4) is 0 Å². The summed E-state index contributed by atoms with van der Waals surface area (Å²) in [5.41, 5.74) is 4.88. The summed E-state index contributed by atoms with van der Waals surface area (Å²) < 4.78 is 15.6. The molecular weight excluding hydrogens is 488 g/mol. The van der Waals surface area contributed by atoms with Gasteiger partial charge in [0.25, 0.3) is 0 Å². The molecule has 4 rings (SSSR count). The summed E-state index contributed by atoms with van der Waals surface area (Å²) in [6.45, 7) is 3.71. The largest absolute Gasteiger partial charge is 0.345 e. The molecule has 0 fully saturated rings. The molecule has 0 unspecified atom stereocenters. The van der Waals surface area contributed by atoms with E-state index in [9.17, 15) is 4.39 Å². The molecule has 0 aliphatic rings. The lowest BCUT2D eigenvalue weighted by Crippen LogP contribution is -2.34. The van der Waals surface area contributed by atoms with E-state index in [-0.39, 0.29) is 5.82 Å². The Morgan fingerprint density at radius 2 is 1.74 bits per heavy atom. The number of hydrogen-bond donors (Lipinski definition) is 1. The number of nitrogens with one attached hydrogen (secondary N) is 1. The maximum absolute atomic E-state index is 13.5. The summed E-state index contributed by atoms with van der Waals surface area (Å²) in [7, 11) is 0. The second-order valence-corrected chi connectivity index (χ2v) is 9.25. The number of benzene rings is 3. The summed E-state index contributed by atoms with van der Waals surface area (Å²) >= 11 is 18.4. The van der Waals surface area contributed by atoms with Gasteiger partial charge in [-0.05, 0) is 72.2 Å². The fourth-order valence-electron chi connectivity index (χ4n) is 3.72. The quantitative estimate of drug-likeness (QED) is 0.257. The molecule has 0 spiro atoms. The molecule has 4 aromatic rings. The third-order valence-electron chi connectivity index (χ3n) is 5.64. The van der Waals surface area contributed by atoms with Gasteiger partial charge in [-0.15, -0.1) is 0 Å². The average molecular weight is 512 g/mol. The number of nitrogens with zero attached hydrogens (tertiary/aromatic N) is 2. The molecule has 1 aromatic heterocycles. The van der Waals surface area contributed by atoms with Gasteiger partial charge in [0.05, 0.1) is 6.54 Å². The van der Waals surface area contributed by atoms with Crippen molar-refractivity contribution in [2.75, 3.05) is 5.32 Å². The van der Waals surface area contributed by atoms with E-state index in [1.54, 1.807) is 6.07 Å². The Labute approximate surface area is 214 Å². The Hall–Kier alpha value is -2.86. The van der Waals surface area contributed by atoms with Crippen LogP contribution in [0.1, 0.15) is 22.4 Å². The van der Waals surface area contributed by atoms with E-state index in [4.69, 9.17) is 35.4 Å². The van der Waals surface area contributed by atoms with E-state index in [1.807, 2.05) is 55.6 Å². The number of aromatic nitrogens is 1. The molecule has 34 heavy (non-hydrogen) atoms. The first kappa shape index (κ1) is 24.3. The van der Waals surface area contributed by atoms with Crippen LogP contribution in [0.4, 0.5) is 10.1 Å². The van der Waals surface area contributed by atoms with Crippen molar-refractivity contribution >= 4 is 46.2 Å². The number of anilines is 1. The topological polar surface area (TPSA) is 20.2 Å². The van der Waals surface area contributed by atoms with Gasteiger partial charge in [0, 0.05) is 40.7 Å². The Kier molecular flexibility index (Phi) is 7.88. The number of hydrogen-bond acceptors (Lipinski definition) is 1. The van der Waals surface area contributed by atoms with Crippen molar-refractivity contribution in [1.29, 1.82) is 0 Å². The van der Waals surface area contributed by atoms with Crippen LogP contribution in [0, 0.1) is 12.7 Å². The third kappa shape index (κ3) is 5.98. The molecule has 0 bridgehead atoms. The Balaban J connectivity index is 1.58. The molecule has 0 aliphatic heterocycles. The van der Waals surface area contributed by atoms with Crippen LogP contribution in [-0.4, -0.2) is 14.6 Å². The maximum atomic E-state index is 13.5. The lowest BCUT2D eigenvalue weighted by molar-refractivity contribution is 0.399. The zero-order chi connectivity index (χ0) is 24.1. The highest BCUT2D eigenvalue weighted by atomic mass is 35.5. The molecule has 0 aliphatic carbocycles. The first-order valence-corrected chi connectivity index (χ1v) is 12.0. The van der Waals surface area contributed by atoms with Crippen molar-refractivity contribution in [3.8, 4) is 0 Å². The SMILES string of the molecule is Cc1c(Cl)cccc1NC(=S)N(Cc1ccccc1)Cc1cccn1Cc1ccc(F)cc1Cl. The van der Waals surface area contributed by atoms with E-state index in [2.05, 4.69) is 33.0 Å². The maximum Gasteiger partial charge on any atom is 0.174 e. The standard InChI is InChI=1S/C27H24Cl2FN3S/c1-19-24(28)10-5-11-26(19)31-27(34)33(16-20-7-3-2-4-8-20)18-23-9-6-14-32(23)17-21-12-13-22(30)15-25(21)29/h2-15H,16-18H2,1H3,(H,31,34). The highest BCUT2D eigenvalue weighted by Crippen LogP contribution is 2.24. The molecular formula is C27H24Cl2FN3S. The second-order valence-electron chi connectivity index (χ2n) is 8.05. The smallest absolute Gasteiger partial charge is 0.174 e. The molecule has 0 saturated carbocycles. The number of rotatable bonds is 7. The van der Waals surface area contributed by atoms with Gasteiger partial charge in [0.15, 0.2) is 5.11 Å². The average Bonchev–Trinajstić information content (AvgIpc) is 3.25. The molecule has 1 N–H and O–H groups in total. The number of thiocarbonyl (C=S) groups is 1. The molecule has 0 radical (unpaired) electrons. The molecule has 0 saturated heterocycles. The van der Waals surface area contributed by atoms with Gasteiger partial charge >= 0.3 is 0 Å². The van der Waals surface area contributed by atoms with Crippen LogP contribution < -0.4 is 5.32 Å². The molecule has 3 aromatic carbocycles. The normalized spacial score (nSPS) is 10.8. The summed E-state index contributed by atoms with van der Waals surface area (Å²) in [6.07, 6.45) is 1.99. The van der Waals surface area contributed by atoms with Crippen molar-refractivity contribution in [2.45, 2.75) is 26.6 Å².